The van der Waals surface area contributed by atoms with Crippen LogP contribution >= 0.6 is 0 Å². The molecule has 2 aromatic carbocycles. The minimum absolute atomic E-state index is 0.137. The molecule has 1 saturated carbocycles. The minimum Gasteiger partial charge on any atom is -0.449 e. The third-order valence-corrected chi connectivity index (χ3v) is 5.60. The molecule has 0 bridgehead atoms. The van der Waals surface area contributed by atoms with Crippen molar-refractivity contribution >= 4 is 6.09 Å². The van der Waals surface area contributed by atoms with Crippen LogP contribution in [0.2, 0.25) is 0 Å². The normalized spacial score (nSPS) is 24.5. The van der Waals surface area contributed by atoms with E-state index in [1.165, 1.54) is 17.7 Å². The predicted molar refractivity (Wildman–Crippen MR) is 97.1 cm³/mol. The molecule has 3 atom stereocenters. The molecule has 1 amide bonds. The number of carbonyl (C=O) groups is 1. The van der Waals surface area contributed by atoms with Gasteiger partial charge in [0, 0.05) is 18.5 Å². The molecule has 0 aromatic heterocycles. The maximum absolute atomic E-state index is 13.4. The van der Waals surface area contributed by atoms with E-state index in [1.54, 1.807) is 17.0 Å². The van der Waals surface area contributed by atoms with Gasteiger partial charge in [-0.2, -0.15) is 0 Å². The van der Waals surface area contributed by atoms with E-state index in [0.29, 0.717) is 13.2 Å². The first-order valence-electron chi connectivity index (χ1n) is 9.15. The first kappa shape index (κ1) is 17.0. The Hall–Kier alpha value is -2.40. The fraction of sp³-hybridized carbons (Fsp3) is 0.381. The van der Waals surface area contributed by atoms with Gasteiger partial charge in [0.1, 0.15) is 5.82 Å². The first-order valence-corrected chi connectivity index (χ1v) is 9.15. The van der Waals surface area contributed by atoms with Gasteiger partial charge in [-0.3, -0.25) is 4.90 Å². The lowest BCUT2D eigenvalue weighted by Crippen LogP contribution is -2.45. The summed E-state index contributed by atoms with van der Waals surface area (Å²) < 4.78 is 19.0. The Morgan fingerprint density at radius 1 is 1.15 bits per heavy atom. The average Bonchev–Trinajstić information content (AvgIpc) is 2.66. The Labute approximate surface area is 152 Å². The molecule has 136 valence electrons. The van der Waals surface area contributed by atoms with Gasteiger partial charge in [-0.25, -0.2) is 9.18 Å². The van der Waals surface area contributed by atoms with Gasteiger partial charge in [0.2, 0.25) is 0 Å². The quantitative estimate of drug-likeness (QED) is 0.915. The Bertz CT molecular complexity index is 793. The summed E-state index contributed by atoms with van der Waals surface area (Å²) in [5.41, 5.74) is 9.11. The van der Waals surface area contributed by atoms with Gasteiger partial charge in [-0.05, 0) is 48.1 Å². The number of nitrogens with zero attached hydrogens (tertiary/aromatic N) is 1. The number of amides is 1. The van der Waals surface area contributed by atoms with Crippen molar-refractivity contribution in [2.45, 2.75) is 31.3 Å². The Morgan fingerprint density at radius 2 is 1.92 bits per heavy atom. The molecule has 4 rings (SSSR count). The van der Waals surface area contributed by atoms with Crippen molar-refractivity contribution in [3.05, 3.63) is 71.0 Å². The summed E-state index contributed by atoms with van der Waals surface area (Å²) in [5, 5.41) is 0. The minimum atomic E-state index is -0.326. The third kappa shape index (κ3) is 3.19. The van der Waals surface area contributed by atoms with Crippen LogP contribution in [0.15, 0.2) is 48.5 Å². The molecule has 0 saturated heterocycles. The number of fused-ring (bicyclic) bond motifs is 1. The van der Waals surface area contributed by atoms with Gasteiger partial charge >= 0.3 is 6.09 Å². The first-order chi connectivity index (χ1) is 12.6. The van der Waals surface area contributed by atoms with Gasteiger partial charge in [-0.15, -0.1) is 0 Å². The monoisotopic (exact) mass is 354 g/mol. The van der Waals surface area contributed by atoms with Crippen LogP contribution in [0.1, 0.15) is 35.6 Å². The molecule has 1 heterocycles. The van der Waals surface area contributed by atoms with Crippen molar-refractivity contribution in [2.24, 2.45) is 11.7 Å². The van der Waals surface area contributed by atoms with Crippen molar-refractivity contribution < 1.29 is 13.9 Å². The lowest BCUT2D eigenvalue weighted by molar-refractivity contribution is 0.0557. The van der Waals surface area contributed by atoms with E-state index in [4.69, 9.17) is 10.5 Å². The van der Waals surface area contributed by atoms with Crippen molar-refractivity contribution in [3.63, 3.8) is 0 Å². The fourth-order valence-electron chi connectivity index (χ4n) is 3.83. The Kier molecular flexibility index (Phi) is 4.64. The summed E-state index contributed by atoms with van der Waals surface area (Å²) in [4.78, 5) is 14.5. The summed E-state index contributed by atoms with van der Waals surface area (Å²) in [6, 6.07) is 14.3. The molecule has 0 spiro atoms. The summed E-state index contributed by atoms with van der Waals surface area (Å²) in [6.45, 7) is 0.947. The maximum atomic E-state index is 13.4. The highest BCUT2D eigenvalue weighted by atomic mass is 19.1. The summed E-state index contributed by atoms with van der Waals surface area (Å²) in [6.07, 6.45) is 2.47. The molecule has 4 nitrogen and oxygen atoms in total. The number of rotatable bonds is 3. The van der Waals surface area contributed by atoms with Crippen LogP contribution in [-0.4, -0.2) is 30.2 Å². The lowest BCUT2D eigenvalue weighted by atomic mass is 9.81. The molecular formula is C21H23FN2O2. The van der Waals surface area contributed by atoms with Crippen LogP contribution in [0.3, 0.4) is 0 Å². The molecule has 26 heavy (non-hydrogen) atoms. The number of hydrogen-bond donors (Lipinski definition) is 1. The highest BCUT2D eigenvalue weighted by molar-refractivity contribution is 5.70. The third-order valence-electron chi connectivity index (χ3n) is 5.60. The second kappa shape index (κ2) is 7.08. The van der Waals surface area contributed by atoms with E-state index in [0.717, 1.165) is 30.4 Å². The largest absolute Gasteiger partial charge is 0.449 e. The zero-order chi connectivity index (χ0) is 18.1. The second-order valence-corrected chi connectivity index (χ2v) is 7.17. The van der Waals surface area contributed by atoms with E-state index in [-0.39, 0.29) is 29.9 Å². The van der Waals surface area contributed by atoms with Crippen LogP contribution in [0.4, 0.5) is 9.18 Å². The van der Waals surface area contributed by atoms with Crippen LogP contribution in [0, 0.1) is 11.7 Å². The van der Waals surface area contributed by atoms with Crippen LogP contribution < -0.4 is 5.73 Å². The molecule has 1 aliphatic carbocycles. The van der Waals surface area contributed by atoms with Crippen molar-refractivity contribution in [1.82, 2.24) is 4.90 Å². The summed E-state index contributed by atoms with van der Waals surface area (Å²) in [7, 11) is 0. The van der Waals surface area contributed by atoms with E-state index in [9.17, 15) is 9.18 Å². The SMILES string of the molecule is N[C@@H]1CC[C@@H]1COC(=O)N1CCc2ccccc2[C@@H]1c1ccc(F)cc1. The van der Waals surface area contributed by atoms with Gasteiger partial charge < -0.3 is 10.5 Å². The van der Waals surface area contributed by atoms with Crippen LogP contribution in [0.25, 0.3) is 0 Å². The molecule has 0 radical (unpaired) electrons. The molecule has 2 aliphatic rings. The number of hydrogen-bond acceptors (Lipinski definition) is 3. The van der Waals surface area contributed by atoms with Crippen molar-refractivity contribution in [1.29, 1.82) is 0 Å². The number of carbonyl (C=O) groups excluding carboxylic acids is 1. The molecule has 1 aliphatic heterocycles. The Morgan fingerprint density at radius 3 is 2.62 bits per heavy atom. The van der Waals surface area contributed by atoms with Gasteiger partial charge in [0.25, 0.3) is 0 Å². The molecule has 0 unspecified atom stereocenters. The van der Waals surface area contributed by atoms with E-state index in [1.807, 2.05) is 18.2 Å². The van der Waals surface area contributed by atoms with Gasteiger partial charge in [-0.1, -0.05) is 36.4 Å². The summed E-state index contributed by atoms with van der Waals surface area (Å²) in [5.74, 6) is -0.0220. The lowest BCUT2D eigenvalue weighted by Gasteiger charge is -2.38. The topological polar surface area (TPSA) is 55.6 Å². The number of benzene rings is 2. The fourth-order valence-corrected chi connectivity index (χ4v) is 3.83. The second-order valence-electron chi connectivity index (χ2n) is 7.17. The number of nitrogens with two attached hydrogens (primary N) is 1. The molecule has 2 N–H and O–H groups in total. The van der Waals surface area contributed by atoms with E-state index in [2.05, 4.69) is 6.07 Å². The average molecular weight is 354 g/mol. The highest BCUT2D eigenvalue weighted by Crippen LogP contribution is 2.36. The molecule has 2 aromatic rings. The zero-order valence-electron chi connectivity index (χ0n) is 14.6. The van der Waals surface area contributed by atoms with Crippen molar-refractivity contribution in [2.75, 3.05) is 13.2 Å². The number of ether oxygens (including phenoxy) is 1. The van der Waals surface area contributed by atoms with Crippen LogP contribution in [-0.2, 0) is 11.2 Å². The molecule has 1 fully saturated rings. The smallest absolute Gasteiger partial charge is 0.410 e. The van der Waals surface area contributed by atoms with Gasteiger partial charge in [0.05, 0.1) is 12.6 Å². The zero-order valence-corrected chi connectivity index (χ0v) is 14.6. The van der Waals surface area contributed by atoms with Gasteiger partial charge in [0.15, 0.2) is 0 Å². The highest BCUT2D eigenvalue weighted by Gasteiger charge is 2.34. The number of halogens is 1. The summed E-state index contributed by atoms with van der Waals surface area (Å²) >= 11 is 0. The Balaban J connectivity index is 1.60. The van der Waals surface area contributed by atoms with E-state index < -0.39 is 0 Å². The predicted octanol–water partition coefficient (Wildman–Crippen LogP) is 3.65. The van der Waals surface area contributed by atoms with Crippen LogP contribution in [0.5, 0.6) is 0 Å². The molecular weight excluding hydrogens is 331 g/mol. The molecule has 5 heteroatoms. The maximum Gasteiger partial charge on any atom is 0.410 e. The standard InChI is InChI=1S/C21H23FN2O2/c22-17-8-5-15(6-9-17)20-18-4-2-1-3-14(18)11-12-24(20)21(25)26-13-16-7-10-19(16)23/h1-6,8-9,16,19-20H,7,10-13,23H2/t16-,19-,20+/m1/s1. The van der Waals surface area contributed by atoms with E-state index >= 15 is 0 Å². The van der Waals surface area contributed by atoms with Crippen molar-refractivity contribution in [3.8, 4) is 0 Å².